The standard InChI is InChI=1S/C14H18N2O2/c1-3-6-11-7-4-5-8-12(11)16-9-13(17)15-10(2)14(16)18/h4-5,7-8,10H,3,6,9H2,1-2H3,(H,15,17). The topological polar surface area (TPSA) is 49.4 Å². The summed E-state index contributed by atoms with van der Waals surface area (Å²) in [6.07, 6.45) is 1.93. The lowest BCUT2D eigenvalue weighted by atomic mass is 10.1. The average molecular weight is 246 g/mol. The smallest absolute Gasteiger partial charge is 0.249 e. The molecule has 1 aliphatic rings. The highest BCUT2D eigenvalue weighted by atomic mass is 16.2. The average Bonchev–Trinajstić information content (AvgIpc) is 2.35. The van der Waals surface area contributed by atoms with Gasteiger partial charge in [0.25, 0.3) is 0 Å². The lowest BCUT2D eigenvalue weighted by molar-refractivity contribution is -0.130. The number of rotatable bonds is 3. The first kappa shape index (κ1) is 12.6. The fourth-order valence-corrected chi connectivity index (χ4v) is 2.26. The minimum Gasteiger partial charge on any atom is -0.343 e. The van der Waals surface area contributed by atoms with Gasteiger partial charge in [-0.1, -0.05) is 31.5 Å². The van der Waals surface area contributed by atoms with Gasteiger partial charge < -0.3 is 10.2 Å². The molecule has 1 fully saturated rings. The SMILES string of the molecule is CCCc1ccccc1N1CC(=O)NC(C)C1=O. The van der Waals surface area contributed by atoms with Gasteiger partial charge in [0, 0.05) is 5.69 Å². The van der Waals surface area contributed by atoms with Gasteiger partial charge in [-0.25, -0.2) is 0 Å². The van der Waals surface area contributed by atoms with Crippen LogP contribution in [0.5, 0.6) is 0 Å². The Kier molecular flexibility index (Phi) is 3.65. The van der Waals surface area contributed by atoms with E-state index in [1.165, 1.54) is 0 Å². The Balaban J connectivity index is 2.34. The number of anilines is 1. The first-order chi connectivity index (χ1) is 8.63. The maximum atomic E-state index is 12.1. The Bertz CT molecular complexity index is 471. The Labute approximate surface area is 107 Å². The molecule has 0 spiro atoms. The van der Waals surface area contributed by atoms with Crippen LogP contribution in [0.4, 0.5) is 5.69 Å². The fourth-order valence-electron chi connectivity index (χ4n) is 2.26. The Morgan fingerprint density at radius 1 is 1.33 bits per heavy atom. The number of nitrogens with zero attached hydrogens (tertiary/aromatic N) is 1. The molecule has 18 heavy (non-hydrogen) atoms. The molecule has 0 saturated carbocycles. The summed E-state index contributed by atoms with van der Waals surface area (Å²) in [5.74, 6) is -0.147. The lowest BCUT2D eigenvalue weighted by Gasteiger charge is -2.32. The number of benzene rings is 1. The van der Waals surface area contributed by atoms with Crippen molar-refractivity contribution in [1.82, 2.24) is 5.32 Å². The van der Waals surface area contributed by atoms with Crippen LogP contribution < -0.4 is 10.2 Å². The molecule has 1 aliphatic heterocycles. The number of hydrogen-bond acceptors (Lipinski definition) is 2. The van der Waals surface area contributed by atoms with Gasteiger partial charge in [-0.15, -0.1) is 0 Å². The van der Waals surface area contributed by atoms with Crippen LogP contribution in [0.3, 0.4) is 0 Å². The molecular weight excluding hydrogens is 228 g/mol. The maximum absolute atomic E-state index is 12.1. The van der Waals surface area contributed by atoms with Crippen LogP contribution >= 0.6 is 0 Å². The quantitative estimate of drug-likeness (QED) is 0.878. The van der Waals surface area contributed by atoms with Gasteiger partial charge in [-0.2, -0.15) is 0 Å². The Morgan fingerprint density at radius 2 is 2.06 bits per heavy atom. The minimum atomic E-state index is -0.444. The molecule has 1 N–H and O–H groups in total. The van der Waals surface area contributed by atoms with Crippen LogP contribution in [0.25, 0.3) is 0 Å². The molecule has 1 heterocycles. The van der Waals surface area contributed by atoms with Gasteiger partial charge in [-0.05, 0) is 25.0 Å². The number of aryl methyl sites for hydroxylation is 1. The largest absolute Gasteiger partial charge is 0.343 e. The Hall–Kier alpha value is -1.84. The predicted octanol–water partition coefficient (Wildman–Crippen LogP) is 1.49. The molecular formula is C14H18N2O2. The molecule has 4 heteroatoms. The number of carbonyl (C=O) groups excluding carboxylic acids is 2. The van der Waals surface area contributed by atoms with Crippen LogP contribution in [0.15, 0.2) is 24.3 Å². The third-order valence-electron chi connectivity index (χ3n) is 3.12. The van der Waals surface area contributed by atoms with Gasteiger partial charge in [0.15, 0.2) is 0 Å². The molecule has 1 aromatic rings. The number of nitrogens with one attached hydrogen (secondary N) is 1. The van der Waals surface area contributed by atoms with Crippen LogP contribution in [-0.4, -0.2) is 24.4 Å². The third-order valence-corrected chi connectivity index (χ3v) is 3.12. The van der Waals surface area contributed by atoms with E-state index in [0.29, 0.717) is 0 Å². The van der Waals surface area contributed by atoms with Crippen molar-refractivity contribution >= 4 is 17.5 Å². The summed E-state index contributed by atoms with van der Waals surface area (Å²) < 4.78 is 0. The van der Waals surface area contributed by atoms with E-state index in [-0.39, 0.29) is 18.4 Å². The first-order valence-electron chi connectivity index (χ1n) is 6.32. The van der Waals surface area contributed by atoms with E-state index in [9.17, 15) is 9.59 Å². The zero-order valence-electron chi connectivity index (χ0n) is 10.8. The van der Waals surface area contributed by atoms with Crippen molar-refractivity contribution in [3.05, 3.63) is 29.8 Å². The number of carbonyl (C=O) groups is 2. The Morgan fingerprint density at radius 3 is 2.78 bits per heavy atom. The first-order valence-corrected chi connectivity index (χ1v) is 6.32. The zero-order valence-corrected chi connectivity index (χ0v) is 10.8. The molecule has 2 amide bonds. The van der Waals surface area contributed by atoms with E-state index in [1.807, 2.05) is 24.3 Å². The molecule has 4 nitrogen and oxygen atoms in total. The molecule has 0 bridgehead atoms. The van der Waals surface area contributed by atoms with Crippen LogP contribution in [-0.2, 0) is 16.0 Å². The summed E-state index contributed by atoms with van der Waals surface area (Å²) in [5, 5.41) is 2.65. The van der Waals surface area contributed by atoms with E-state index in [2.05, 4.69) is 12.2 Å². The normalized spacial score (nSPS) is 19.9. The number of piperazine rings is 1. The lowest BCUT2D eigenvalue weighted by Crippen LogP contribution is -2.57. The van der Waals surface area contributed by atoms with Crippen molar-refractivity contribution in [1.29, 1.82) is 0 Å². The van der Waals surface area contributed by atoms with Crippen LogP contribution in [0.2, 0.25) is 0 Å². The van der Waals surface area contributed by atoms with Crippen LogP contribution in [0.1, 0.15) is 25.8 Å². The van der Waals surface area contributed by atoms with Crippen LogP contribution in [0, 0.1) is 0 Å². The van der Waals surface area contributed by atoms with E-state index < -0.39 is 6.04 Å². The molecule has 1 atom stereocenters. The van der Waals surface area contributed by atoms with Gasteiger partial charge in [0.1, 0.15) is 12.6 Å². The highest BCUT2D eigenvalue weighted by Gasteiger charge is 2.31. The molecule has 1 aromatic carbocycles. The predicted molar refractivity (Wildman–Crippen MR) is 70.4 cm³/mol. The van der Waals surface area contributed by atoms with E-state index in [4.69, 9.17) is 0 Å². The molecule has 0 aliphatic carbocycles. The summed E-state index contributed by atoms with van der Waals surface area (Å²) in [6, 6.07) is 7.35. The maximum Gasteiger partial charge on any atom is 0.249 e. The van der Waals surface area contributed by atoms with E-state index >= 15 is 0 Å². The highest BCUT2D eigenvalue weighted by molar-refractivity contribution is 6.06. The van der Waals surface area contributed by atoms with Gasteiger partial charge >= 0.3 is 0 Å². The monoisotopic (exact) mass is 246 g/mol. The van der Waals surface area contributed by atoms with E-state index in [1.54, 1.807) is 11.8 Å². The van der Waals surface area contributed by atoms with Crippen molar-refractivity contribution < 1.29 is 9.59 Å². The zero-order chi connectivity index (χ0) is 13.1. The van der Waals surface area contributed by atoms with Crippen molar-refractivity contribution in [2.75, 3.05) is 11.4 Å². The second-order valence-corrected chi connectivity index (χ2v) is 4.59. The molecule has 1 unspecified atom stereocenters. The summed E-state index contributed by atoms with van der Waals surface area (Å²) in [5.41, 5.74) is 1.99. The fraction of sp³-hybridized carbons (Fsp3) is 0.429. The van der Waals surface area contributed by atoms with Gasteiger partial charge in [0.2, 0.25) is 11.8 Å². The number of hydrogen-bond donors (Lipinski definition) is 1. The summed E-state index contributed by atoms with van der Waals surface area (Å²) in [6.45, 7) is 3.93. The second kappa shape index (κ2) is 5.21. The molecule has 1 saturated heterocycles. The van der Waals surface area contributed by atoms with Crippen molar-refractivity contribution in [3.8, 4) is 0 Å². The molecule has 0 radical (unpaired) electrons. The van der Waals surface area contributed by atoms with Gasteiger partial charge in [-0.3, -0.25) is 9.59 Å². The van der Waals surface area contributed by atoms with Crippen molar-refractivity contribution in [2.45, 2.75) is 32.7 Å². The van der Waals surface area contributed by atoms with Crippen molar-refractivity contribution in [2.24, 2.45) is 0 Å². The second-order valence-electron chi connectivity index (χ2n) is 4.59. The summed E-state index contributed by atoms with van der Waals surface area (Å²) in [4.78, 5) is 25.3. The summed E-state index contributed by atoms with van der Waals surface area (Å²) >= 11 is 0. The number of para-hydroxylation sites is 1. The minimum absolute atomic E-state index is 0.0434. The highest BCUT2D eigenvalue weighted by Crippen LogP contribution is 2.23. The molecule has 0 aromatic heterocycles. The molecule has 2 rings (SSSR count). The summed E-state index contributed by atoms with van der Waals surface area (Å²) in [7, 11) is 0. The third kappa shape index (κ3) is 2.37. The number of amides is 2. The van der Waals surface area contributed by atoms with Crippen molar-refractivity contribution in [3.63, 3.8) is 0 Å². The van der Waals surface area contributed by atoms with Gasteiger partial charge in [0.05, 0.1) is 0 Å². The molecule has 96 valence electrons. The van der Waals surface area contributed by atoms with E-state index in [0.717, 1.165) is 24.1 Å².